The Morgan fingerprint density at radius 1 is 1.33 bits per heavy atom. The van der Waals surface area contributed by atoms with Crippen molar-refractivity contribution in [3.63, 3.8) is 0 Å². The van der Waals surface area contributed by atoms with Crippen LogP contribution in [0.15, 0.2) is 23.0 Å². The maximum absolute atomic E-state index is 12.6. The number of hydrogen-bond donors (Lipinski definition) is 2. The second-order valence-corrected chi connectivity index (χ2v) is 5.67. The van der Waals surface area contributed by atoms with Crippen LogP contribution in [0, 0.1) is 5.92 Å². The minimum Gasteiger partial charge on any atom is -0.451 e. The van der Waals surface area contributed by atoms with Crippen LogP contribution >= 0.6 is 0 Å². The lowest BCUT2D eigenvalue weighted by Crippen LogP contribution is -2.47. The number of ether oxygens (including phenoxy) is 1. The molecule has 0 aromatic heterocycles. The van der Waals surface area contributed by atoms with Crippen molar-refractivity contribution in [2.45, 2.75) is 72.2 Å². The molecule has 0 saturated heterocycles. The third-order valence-electron chi connectivity index (χ3n) is 4.37. The minimum absolute atomic E-state index is 0.369. The molecule has 0 unspecified atom stereocenters. The number of carbonyl (C=O) groups excluding carboxylic acids is 1. The summed E-state index contributed by atoms with van der Waals surface area (Å²) in [6.45, 7) is 9.41. The van der Waals surface area contributed by atoms with Gasteiger partial charge in [0, 0.05) is 5.57 Å². The van der Waals surface area contributed by atoms with E-state index >= 15 is 0 Å². The van der Waals surface area contributed by atoms with Gasteiger partial charge < -0.3 is 14.9 Å². The van der Waals surface area contributed by atoms with Crippen molar-refractivity contribution in [2.24, 2.45) is 5.92 Å². The lowest BCUT2D eigenvalue weighted by atomic mass is 9.88. The molecule has 1 rings (SSSR count). The maximum Gasteiger partial charge on any atom is 0.298 e. The van der Waals surface area contributed by atoms with E-state index in [1.165, 1.54) is 6.92 Å². The van der Waals surface area contributed by atoms with Gasteiger partial charge in [-0.25, -0.2) is 0 Å². The average molecular weight is 296 g/mol. The summed E-state index contributed by atoms with van der Waals surface area (Å²) in [6, 6.07) is 0. The number of rotatable bonds is 7. The zero-order chi connectivity index (χ0) is 16.2. The highest BCUT2D eigenvalue weighted by atomic mass is 16.6. The van der Waals surface area contributed by atoms with Crippen LogP contribution < -0.4 is 0 Å². The predicted octanol–water partition coefficient (Wildman–Crippen LogP) is 3.09. The number of Topliss-reactive ketones (excluding diaryl/α,β-unsaturated/α-hetero) is 1. The van der Waals surface area contributed by atoms with Crippen LogP contribution in [-0.2, 0) is 9.53 Å². The molecule has 0 aromatic rings. The Balaban J connectivity index is 3.25. The summed E-state index contributed by atoms with van der Waals surface area (Å²) in [7, 11) is 0. The smallest absolute Gasteiger partial charge is 0.298 e. The number of allylic oxidation sites excluding steroid dienone is 2. The van der Waals surface area contributed by atoms with Crippen molar-refractivity contribution in [1.82, 2.24) is 0 Å². The Morgan fingerprint density at radius 2 is 1.90 bits per heavy atom. The summed E-state index contributed by atoms with van der Waals surface area (Å²) in [5.41, 5.74) is 1.41. The van der Waals surface area contributed by atoms with E-state index in [1.807, 2.05) is 19.9 Å². The Bertz CT molecular complexity index is 444. The van der Waals surface area contributed by atoms with Gasteiger partial charge in [0.15, 0.2) is 0 Å². The van der Waals surface area contributed by atoms with Gasteiger partial charge in [-0.2, -0.15) is 0 Å². The van der Waals surface area contributed by atoms with Crippen LogP contribution in [0.2, 0.25) is 0 Å². The molecule has 0 amide bonds. The first-order valence-corrected chi connectivity index (χ1v) is 7.88. The van der Waals surface area contributed by atoms with E-state index in [-0.39, 0.29) is 0 Å². The summed E-state index contributed by atoms with van der Waals surface area (Å²) < 4.78 is 5.54. The summed E-state index contributed by atoms with van der Waals surface area (Å²) in [5, 5.41) is 20.1. The van der Waals surface area contributed by atoms with Gasteiger partial charge in [-0.15, -0.1) is 0 Å². The predicted molar refractivity (Wildman–Crippen MR) is 82.5 cm³/mol. The molecule has 1 aliphatic heterocycles. The fourth-order valence-electron chi connectivity index (χ4n) is 2.66. The molecule has 4 nitrogen and oxygen atoms in total. The van der Waals surface area contributed by atoms with Crippen LogP contribution in [0.1, 0.15) is 60.3 Å². The molecule has 0 radical (unpaired) electrons. The van der Waals surface area contributed by atoms with Crippen molar-refractivity contribution in [1.29, 1.82) is 0 Å². The quantitative estimate of drug-likeness (QED) is 0.757. The van der Waals surface area contributed by atoms with Gasteiger partial charge in [-0.1, -0.05) is 39.7 Å². The molecule has 21 heavy (non-hydrogen) atoms. The van der Waals surface area contributed by atoms with Gasteiger partial charge in [-0.3, -0.25) is 4.79 Å². The van der Waals surface area contributed by atoms with Crippen LogP contribution in [0.25, 0.3) is 0 Å². The molecule has 0 aromatic carbocycles. The highest BCUT2D eigenvalue weighted by Crippen LogP contribution is 2.39. The topological polar surface area (TPSA) is 66.8 Å². The molecular weight excluding hydrogens is 268 g/mol. The minimum atomic E-state index is -2.14. The van der Waals surface area contributed by atoms with E-state index in [0.29, 0.717) is 30.1 Å². The second-order valence-electron chi connectivity index (χ2n) is 5.67. The first-order chi connectivity index (χ1) is 9.85. The van der Waals surface area contributed by atoms with Gasteiger partial charge in [0.2, 0.25) is 5.78 Å². The number of carbonyl (C=O) groups is 1. The zero-order valence-electron chi connectivity index (χ0n) is 13.8. The SMILES string of the molecule is C/C=C(\CC)C1=C(CC(CC)CC)C(=O)[C@](O)([C@@H](C)O)O1. The average Bonchev–Trinajstić information content (AvgIpc) is 2.72. The Kier molecular flexibility index (Phi) is 6.17. The number of aliphatic hydroxyl groups is 2. The first kappa shape index (κ1) is 17.9. The molecule has 2 N–H and O–H groups in total. The third-order valence-corrected chi connectivity index (χ3v) is 4.37. The van der Waals surface area contributed by atoms with Crippen molar-refractivity contribution < 1.29 is 19.7 Å². The summed E-state index contributed by atoms with van der Waals surface area (Å²) in [5.74, 6) is -1.80. The highest BCUT2D eigenvalue weighted by molar-refractivity contribution is 6.04. The van der Waals surface area contributed by atoms with Crippen molar-refractivity contribution in [3.05, 3.63) is 23.0 Å². The van der Waals surface area contributed by atoms with E-state index in [4.69, 9.17) is 4.74 Å². The van der Waals surface area contributed by atoms with E-state index in [9.17, 15) is 15.0 Å². The number of ketones is 1. The monoisotopic (exact) mass is 296 g/mol. The van der Waals surface area contributed by atoms with Gasteiger partial charge in [0.1, 0.15) is 11.9 Å². The molecule has 2 atom stereocenters. The molecule has 1 heterocycles. The van der Waals surface area contributed by atoms with E-state index in [1.54, 1.807) is 0 Å². The zero-order valence-corrected chi connectivity index (χ0v) is 13.8. The molecule has 1 aliphatic rings. The van der Waals surface area contributed by atoms with Crippen LogP contribution in [0.5, 0.6) is 0 Å². The largest absolute Gasteiger partial charge is 0.451 e. The first-order valence-electron chi connectivity index (χ1n) is 7.88. The van der Waals surface area contributed by atoms with Crippen molar-refractivity contribution in [2.75, 3.05) is 0 Å². The number of aliphatic hydroxyl groups excluding tert-OH is 1. The molecule has 0 bridgehead atoms. The highest BCUT2D eigenvalue weighted by Gasteiger charge is 2.52. The molecule has 0 aliphatic carbocycles. The third kappa shape index (κ3) is 3.38. The Morgan fingerprint density at radius 3 is 2.29 bits per heavy atom. The Labute approximate surface area is 127 Å². The van der Waals surface area contributed by atoms with Crippen LogP contribution in [-0.4, -0.2) is 27.9 Å². The van der Waals surface area contributed by atoms with Crippen LogP contribution in [0.4, 0.5) is 0 Å². The standard InChI is InChI=1S/C17H28O4/c1-6-12(7-2)10-14-15(13(8-3)9-4)21-17(20,11(5)18)16(14)19/h8,11-12,18,20H,6-7,9-10H2,1-5H3/b13-8+/t11-,17+/m1/s1. The van der Waals surface area contributed by atoms with Gasteiger partial charge >= 0.3 is 0 Å². The summed E-state index contributed by atoms with van der Waals surface area (Å²) in [4.78, 5) is 12.6. The van der Waals surface area contributed by atoms with Gasteiger partial charge in [-0.05, 0) is 38.2 Å². The van der Waals surface area contributed by atoms with Crippen LogP contribution in [0.3, 0.4) is 0 Å². The summed E-state index contributed by atoms with van der Waals surface area (Å²) >= 11 is 0. The molecule has 0 spiro atoms. The van der Waals surface area contributed by atoms with E-state index < -0.39 is 17.7 Å². The molecule has 120 valence electrons. The molecule has 0 saturated carbocycles. The van der Waals surface area contributed by atoms with E-state index in [2.05, 4.69) is 13.8 Å². The van der Waals surface area contributed by atoms with Gasteiger partial charge in [0.25, 0.3) is 5.79 Å². The molecule has 4 heteroatoms. The fraction of sp³-hybridized carbons (Fsp3) is 0.706. The van der Waals surface area contributed by atoms with E-state index in [0.717, 1.165) is 18.4 Å². The fourth-order valence-corrected chi connectivity index (χ4v) is 2.66. The normalized spacial score (nSPS) is 24.8. The van der Waals surface area contributed by atoms with Crippen molar-refractivity contribution in [3.8, 4) is 0 Å². The maximum atomic E-state index is 12.6. The molecular formula is C17H28O4. The Hall–Kier alpha value is -1.13. The van der Waals surface area contributed by atoms with Crippen molar-refractivity contribution >= 4 is 5.78 Å². The lowest BCUT2D eigenvalue weighted by Gasteiger charge is -2.25. The van der Waals surface area contributed by atoms with Gasteiger partial charge in [0.05, 0.1) is 0 Å². The second kappa shape index (κ2) is 7.23. The number of hydrogen-bond acceptors (Lipinski definition) is 4. The lowest BCUT2D eigenvalue weighted by molar-refractivity contribution is -0.211. The summed E-state index contributed by atoms with van der Waals surface area (Å²) in [6.07, 6.45) is 3.84. The molecule has 0 fully saturated rings.